The number of carbonyl (C=O) groups is 1. The molecular weight excluding hydrogens is 184 g/mol. The quantitative estimate of drug-likeness (QED) is 0.721. The summed E-state index contributed by atoms with van der Waals surface area (Å²) in [5.41, 5.74) is 1.000. The van der Waals surface area contributed by atoms with Gasteiger partial charge in [0.05, 0.1) is 10.7 Å². The second-order valence-electron chi connectivity index (χ2n) is 2.51. The maximum atomic E-state index is 10.6. The topological polar surface area (TPSA) is 42.0 Å². The van der Waals surface area contributed by atoms with Gasteiger partial charge in [-0.2, -0.15) is 0 Å². The third kappa shape index (κ3) is 3.26. The Labute approximate surface area is 81.2 Å². The number of terminal acetylenes is 1. The molecule has 0 saturated heterocycles. The van der Waals surface area contributed by atoms with E-state index >= 15 is 0 Å². The number of aryl methyl sites for hydroxylation is 1. The molecule has 1 rings (SSSR count). The van der Waals surface area contributed by atoms with Crippen molar-refractivity contribution >= 4 is 17.2 Å². The molecule has 0 aromatic carbocycles. The molecule has 1 aromatic heterocycles. The van der Waals surface area contributed by atoms with Crippen LogP contribution >= 0.6 is 11.3 Å². The van der Waals surface area contributed by atoms with Crippen molar-refractivity contribution in [1.82, 2.24) is 10.3 Å². The lowest BCUT2D eigenvalue weighted by atomic mass is 10.3. The summed E-state index contributed by atoms with van der Waals surface area (Å²) in [6.07, 6.45) is 5.61. The van der Waals surface area contributed by atoms with Gasteiger partial charge < -0.3 is 5.32 Å². The maximum Gasteiger partial charge on any atom is 0.295 e. The molecule has 1 aromatic rings. The summed E-state index contributed by atoms with van der Waals surface area (Å²) in [7, 11) is 0. The number of rotatable bonds is 3. The maximum absolute atomic E-state index is 10.6. The first-order chi connectivity index (χ1) is 6.22. The molecule has 4 heteroatoms. The molecule has 3 nitrogen and oxygen atoms in total. The van der Waals surface area contributed by atoms with E-state index in [9.17, 15) is 4.79 Å². The molecule has 1 heterocycles. The molecule has 0 spiro atoms. The van der Waals surface area contributed by atoms with Crippen molar-refractivity contribution in [3.63, 3.8) is 0 Å². The highest BCUT2D eigenvalue weighted by Gasteiger charge is 1.98. The van der Waals surface area contributed by atoms with E-state index in [4.69, 9.17) is 6.42 Å². The molecule has 0 unspecified atom stereocenters. The van der Waals surface area contributed by atoms with Crippen molar-refractivity contribution in [2.45, 2.75) is 13.3 Å². The fourth-order valence-electron chi connectivity index (χ4n) is 0.878. The summed E-state index contributed by atoms with van der Waals surface area (Å²) in [4.78, 5) is 14.9. The average molecular weight is 194 g/mol. The third-order valence-corrected chi connectivity index (χ3v) is 2.29. The zero-order chi connectivity index (χ0) is 9.68. The Hall–Kier alpha value is -1.34. The van der Waals surface area contributed by atoms with Gasteiger partial charge >= 0.3 is 0 Å². The molecule has 0 radical (unpaired) electrons. The second-order valence-corrected chi connectivity index (χ2v) is 3.57. The monoisotopic (exact) mass is 194 g/mol. The Morgan fingerprint density at radius 2 is 2.62 bits per heavy atom. The highest BCUT2D eigenvalue weighted by atomic mass is 32.1. The van der Waals surface area contributed by atoms with Crippen LogP contribution in [0.15, 0.2) is 5.38 Å². The second kappa shape index (κ2) is 4.63. The van der Waals surface area contributed by atoms with E-state index in [-0.39, 0.29) is 5.91 Å². The zero-order valence-corrected chi connectivity index (χ0v) is 8.15. The molecule has 0 saturated carbocycles. The smallest absolute Gasteiger partial charge is 0.295 e. The van der Waals surface area contributed by atoms with Crippen molar-refractivity contribution in [1.29, 1.82) is 0 Å². The lowest BCUT2D eigenvalue weighted by molar-refractivity contribution is -0.115. The largest absolute Gasteiger partial charge is 0.345 e. The van der Waals surface area contributed by atoms with Gasteiger partial charge in [0.25, 0.3) is 5.91 Å². The summed E-state index contributed by atoms with van der Waals surface area (Å²) in [6, 6.07) is 0. The van der Waals surface area contributed by atoms with Crippen LogP contribution in [-0.2, 0) is 11.2 Å². The van der Waals surface area contributed by atoms with Crippen LogP contribution in [0.5, 0.6) is 0 Å². The van der Waals surface area contributed by atoms with Gasteiger partial charge in [-0.3, -0.25) is 4.79 Å². The number of thiazole rings is 1. The SMILES string of the molecule is C#CC(=O)NCCc1csc(C)n1. The van der Waals surface area contributed by atoms with Gasteiger partial charge in [0.1, 0.15) is 0 Å². The van der Waals surface area contributed by atoms with Gasteiger partial charge in [-0.05, 0) is 12.8 Å². The van der Waals surface area contributed by atoms with Crippen LogP contribution in [0.1, 0.15) is 10.7 Å². The minimum atomic E-state index is -0.369. The number of amides is 1. The predicted octanol–water partition coefficient (Wildman–Crippen LogP) is 0.743. The fourth-order valence-corrected chi connectivity index (χ4v) is 1.53. The first-order valence-electron chi connectivity index (χ1n) is 3.88. The molecule has 1 amide bonds. The Bertz CT molecular complexity index is 338. The first-order valence-corrected chi connectivity index (χ1v) is 4.76. The molecular formula is C9H10N2OS. The number of hydrogen-bond acceptors (Lipinski definition) is 3. The van der Waals surface area contributed by atoms with E-state index in [1.165, 1.54) is 0 Å². The molecule has 0 fully saturated rings. The van der Waals surface area contributed by atoms with Gasteiger partial charge in [0.15, 0.2) is 0 Å². The van der Waals surface area contributed by atoms with Crippen molar-refractivity contribution in [3.8, 4) is 12.3 Å². The van der Waals surface area contributed by atoms with E-state index < -0.39 is 0 Å². The minimum absolute atomic E-state index is 0.369. The Morgan fingerprint density at radius 3 is 3.15 bits per heavy atom. The van der Waals surface area contributed by atoms with E-state index in [2.05, 4.69) is 10.3 Å². The Kier molecular flexibility index (Phi) is 3.47. The van der Waals surface area contributed by atoms with Crippen LogP contribution in [0.4, 0.5) is 0 Å². The summed E-state index contributed by atoms with van der Waals surface area (Å²) >= 11 is 1.60. The van der Waals surface area contributed by atoms with Crippen LogP contribution in [-0.4, -0.2) is 17.4 Å². The van der Waals surface area contributed by atoms with Crippen LogP contribution in [0, 0.1) is 19.3 Å². The molecule has 13 heavy (non-hydrogen) atoms. The molecule has 0 aliphatic heterocycles. The van der Waals surface area contributed by atoms with Crippen molar-refractivity contribution in [2.24, 2.45) is 0 Å². The molecule has 0 atom stereocenters. The van der Waals surface area contributed by atoms with Crippen LogP contribution in [0.25, 0.3) is 0 Å². The highest BCUT2D eigenvalue weighted by Crippen LogP contribution is 2.07. The minimum Gasteiger partial charge on any atom is -0.345 e. The Balaban J connectivity index is 2.29. The van der Waals surface area contributed by atoms with Gasteiger partial charge in [-0.25, -0.2) is 4.98 Å². The molecule has 68 valence electrons. The zero-order valence-electron chi connectivity index (χ0n) is 7.33. The van der Waals surface area contributed by atoms with Crippen molar-refractivity contribution in [2.75, 3.05) is 6.54 Å². The summed E-state index contributed by atoms with van der Waals surface area (Å²) in [6.45, 7) is 2.50. The van der Waals surface area contributed by atoms with E-state index in [0.29, 0.717) is 6.54 Å². The van der Waals surface area contributed by atoms with Crippen LogP contribution in [0.3, 0.4) is 0 Å². The van der Waals surface area contributed by atoms with Gasteiger partial charge in [0, 0.05) is 18.3 Å². The number of carbonyl (C=O) groups excluding carboxylic acids is 1. The van der Waals surface area contributed by atoms with Gasteiger partial charge in [-0.1, -0.05) is 0 Å². The van der Waals surface area contributed by atoms with Crippen molar-refractivity contribution < 1.29 is 4.79 Å². The molecule has 0 bridgehead atoms. The van der Waals surface area contributed by atoms with Crippen molar-refractivity contribution in [3.05, 3.63) is 16.1 Å². The fraction of sp³-hybridized carbons (Fsp3) is 0.333. The summed E-state index contributed by atoms with van der Waals surface area (Å²) in [5.74, 6) is 1.62. The Morgan fingerprint density at radius 1 is 1.85 bits per heavy atom. The molecule has 0 aliphatic rings. The average Bonchev–Trinajstić information content (AvgIpc) is 2.51. The number of hydrogen-bond donors (Lipinski definition) is 1. The van der Waals surface area contributed by atoms with Gasteiger partial charge in [0.2, 0.25) is 0 Å². The van der Waals surface area contributed by atoms with Gasteiger partial charge in [-0.15, -0.1) is 17.8 Å². The summed E-state index contributed by atoms with van der Waals surface area (Å²) in [5, 5.41) is 5.60. The van der Waals surface area contributed by atoms with E-state index in [1.54, 1.807) is 11.3 Å². The predicted molar refractivity (Wildman–Crippen MR) is 52.4 cm³/mol. The number of nitrogens with zero attached hydrogens (tertiary/aromatic N) is 1. The van der Waals surface area contributed by atoms with Crippen LogP contribution < -0.4 is 5.32 Å². The number of nitrogens with one attached hydrogen (secondary N) is 1. The molecule has 1 N–H and O–H groups in total. The van der Waals surface area contributed by atoms with Crippen LogP contribution in [0.2, 0.25) is 0 Å². The van der Waals surface area contributed by atoms with E-state index in [1.807, 2.05) is 18.2 Å². The lowest BCUT2D eigenvalue weighted by Crippen LogP contribution is -2.23. The highest BCUT2D eigenvalue weighted by molar-refractivity contribution is 7.09. The first kappa shape index (κ1) is 9.75. The standard InChI is InChI=1S/C9H10N2OS/c1-3-9(12)10-5-4-8-6-13-7(2)11-8/h1,6H,4-5H2,2H3,(H,10,12). The number of aromatic nitrogens is 1. The summed E-state index contributed by atoms with van der Waals surface area (Å²) < 4.78 is 0. The third-order valence-electron chi connectivity index (χ3n) is 1.46. The lowest BCUT2D eigenvalue weighted by Gasteiger charge is -1.97. The van der Waals surface area contributed by atoms with E-state index in [0.717, 1.165) is 17.1 Å². The normalized spacial score (nSPS) is 9.23. The molecule has 0 aliphatic carbocycles.